The minimum Gasteiger partial charge on any atom is -0.271 e. The molecule has 2 N–H and O–H groups in total. The molecule has 0 radical (unpaired) electrons. The van der Waals surface area contributed by atoms with Gasteiger partial charge in [0.25, 0.3) is 5.91 Å². The fraction of sp³-hybridized carbons (Fsp3) is 0.200. The van der Waals surface area contributed by atoms with Crippen LogP contribution in [0, 0.1) is 0 Å². The van der Waals surface area contributed by atoms with Gasteiger partial charge in [0.05, 0.1) is 0 Å². The van der Waals surface area contributed by atoms with Crippen LogP contribution in [-0.2, 0) is 9.59 Å². The molecule has 0 aliphatic carbocycles. The summed E-state index contributed by atoms with van der Waals surface area (Å²) in [5, 5.41) is -1.19. The van der Waals surface area contributed by atoms with Gasteiger partial charge in [0.1, 0.15) is 5.38 Å². The standard InChI is InChI=1S/C10H8ClF3N2O2/c11-7(6-4-2-1-3-5-6)8(17)15-16-9(18)10(12,13)14/h1-5,7H,(H,15,17)(H,16,18). The largest absolute Gasteiger partial charge is 0.472 e. The van der Waals surface area contributed by atoms with Crippen molar-refractivity contribution in [1.29, 1.82) is 0 Å². The third-order valence-electron chi connectivity index (χ3n) is 1.88. The van der Waals surface area contributed by atoms with E-state index in [9.17, 15) is 22.8 Å². The molecule has 0 aliphatic rings. The second-order valence-electron chi connectivity index (χ2n) is 3.21. The molecule has 1 rings (SSSR count). The summed E-state index contributed by atoms with van der Waals surface area (Å²) in [5.41, 5.74) is 3.22. The van der Waals surface area contributed by atoms with Gasteiger partial charge >= 0.3 is 12.1 Å². The molecule has 1 atom stereocenters. The molecule has 0 spiro atoms. The lowest BCUT2D eigenvalue weighted by molar-refractivity contribution is -0.175. The smallest absolute Gasteiger partial charge is 0.271 e. The van der Waals surface area contributed by atoms with Crippen molar-refractivity contribution in [2.45, 2.75) is 11.6 Å². The summed E-state index contributed by atoms with van der Waals surface area (Å²) in [6, 6.07) is 7.99. The van der Waals surface area contributed by atoms with Crippen molar-refractivity contribution in [3.8, 4) is 0 Å². The van der Waals surface area contributed by atoms with E-state index in [2.05, 4.69) is 0 Å². The first-order valence-corrected chi connectivity index (χ1v) is 5.12. The van der Waals surface area contributed by atoms with Crippen molar-refractivity contribution in [3.63, 3.8) is 0 Å². The molecule has 0 aliphatic heterocycles. The van der Waals surface area contributed by atoms with Crippen molar-refractivity contribution >= 4 is 23.4 Å². The summed E-state index contributed by atoms with van der Waals surface area (Å²) in [6.45, 7) is 0. The first-order chi connectivity index (χ1) is 8.32. The third-order valence-corrected chi connectivity index (χ3v) is 2.33. The minimum atomic E-state index is -5.07. The first kappa shape index (κ1) is 14.3. The van der Waals surface area contributed by atoms with Crippen LogP contribution in [-0.4, -0.2) is 18.0 Å². The van der Waals surface area contributed by atoms with Gasteiger partial charge < -0.3 is 0 Å². The van der Waals surface area contributed by atoms with Crippen molar-refractivity contribution < 1.29 is 22.8 Å². The highest BCUT2D eigenvalue weighted by Crippen LogP contribution is 2.19. The SMILES string of the molecule is O=C(NNC(=O)C(F)(F)F)C(Cl)c1ccccc1. The molecule has 0 saturated heterocycles. The maximum atomic E-state index is 11.8. The number of rotatable bonds is 2. The van der Waals surface area contributed by atoms with Crippen LogP contribution in [0.2, 0.25) is 0 Å². The van der Waals surface area contributed by atoms with Crippen molar-refractivity contribution in [1.82, 2.24) is 10.9 Å². The molecule has 1 aromatic rings. The van der Waals surface area contributed by atoms with E-state index >= 15 is 0 Å². The average Bonchev–Trinajstić information content (AvgIpc) is 2.34. The van der Waals surface area contributed by atoms with Gasteiger partial charge in [-0.15, -0.1) is 11.6 Å². The molecule has 18 heavy (non-hydrogen) atoms. The quantitative estimate of drug-likeness (QED) is 0.640. The molecular weight excluding hydrogens is 273 g/mol. The lowest BCUT2D eigenvalue weighted by Crippen LogP contribution is -2.48. The molecule has 0 aromatic heterocycles. The molecule has 1 aromatic carbocycles. The maximum Gasteiger partial charge on any atom is 0.472 e. The predicted octanol–water partition coefficient (Wildman–Crippen LogP) is 1.68. The molecule has 2 amide bonds. The van der Waals surface area contributed by atoms with Gasteiger partial charge in [0.15, 0.2) is 0 Å². The number of halogens is 4. The zero-order chi connectivity index (χ0) is 13.8. The Morgan fingerprint density at radius 1 is 1.11 bits per heavy atom. The van der Waals surface area contributed by atoms with E-state index in [0.717, 1.165) is 0 Å². The van der Waals surface area contributed by atoms with E-state index in [-0.39, 0.29) is 0 Å². The van der Waals surface area contributed by atoms with E-state index in [4.69, 9.17) is 11.6 Å². The number of hydrazine groups is 1. The van der Waals surface area contributed by atoms with Crippen LogP contribution in [0.1, 0.15) is 10.9 Å². The highest BCUT2D eigenvalue weighted by Gasteiger charge is 2.39. The lowest BCUT2D eigenvalue weighted by Gasteiger charge is -2.12. The Labute approximate surface area is 105 Å². The van der Waals surface area contributed by atoms with E-state index in [1.165, 1.54) is 17.6 Å². The van der Waals surface area contributed by atoms with Crippen LogP contribution in [0.3, 0.4) is 0 Å². The summed E-state index contributed by atoms with van der Waals surface area (Å²) in [4.78, 5) is 21.8. The molecule has 0 heterocycles. The van der Waals surface area contributed by atoms with Gasteiger partial charge in [-0.1, -0.05) is 30.3 Å². The van der Waals surface area contributed by atoms with Gasteiger partial charge in [-0.05, 0) is 5.56 Å². The zero-order valence-electron chi connectivity index (χ0n) is 8.79. The number of carbonyl (C=O) groups excluding carboxylic acids is 2. The van der Waals surface area contributed by atoms with Crippen molar-refractivity contribution in [2.75, 3.05) is 0 Å². The molecule has 0 fully saturated rings. The molecule has 8 heteroatoms. The molecule has 98 valence electrons. The van der Waals surface area contributed by atoms with E-state index in [1.807, 2.05) is 0 Å². The van der Waals surface area contributed by atoms with Gasteiger partial charge in [-0.3, -0.25) is 20.4 Å². The topological polar surface area (TPSA) is 58.2 Å². The fourth-order valence-corrected chi connectivity index (χ4v) is 1.23. The molecule has 1 unspecified atom stereocenters. The van der Waals surface area contributed by atoms with Gasteiger partial charge in [-0.25, -0.2) is 0 Å². The predicted molar refractivity (Wildman–Crippen MR) is 57.4 cm³/mol. The van der Waals surface area contributed by atoms with E-state index < -0.39 is 23.4 Å². The maximum absolute atomic E-state index is 11.8. The Balaban J connectivity index is 2.54. The Kier molecular flexibility index (Phi) is 4.55. The minimum absolute atomic E-state index is 0.401. The number of hydrogen-bond donors (Lipinski definition) is 2. The van der Waals surface area contributed by atoms with Crippen LogP contribution in [0.15, 0.2) is 30.3 Å². The Hall–Kier alpha value is -1.76. The van der Waals surface area contributed by atoms with Gasteiger partial charge in [-0.2, -0.15) is 13.2 Å². The molecule has 0 saturated carbocycles. The van der Waals surface area contributed by atoms with Gasteiger partial charge in [0.2, 0.25) is 0 Å². The Morgan fingerprint density at radius 3 is 2.17 bits per heavy atom. The van der Waals surface area contributed by atoms with Crippen molar-refractivity contribution in [3.05, 3.63) is 35.9 Å². The van der Waals surface area contributed by atoms with E-state index in [0.29, 0.717) is 5.56 Å². The third kappa shape index (κ3) is 3.92. The van der Waals surface area contributed by atoms with Crippen LogP contribution in [0.25, 0.3) is 0 Å². The summed E-state index contributed by atoms with van der Waals surface area (Å²) < 4.78 is 35.5. The highest BCUT2D eigenvalue weighted by molar-refractivity contribution is 6.30. The second-order valence-corrected chi connectivity index (χ2v) is 3.65. The van der Waals surface area contributed by atoms with Crippen LogP contribution < -0.4 is 10.9 Å². The lowest BCUT2D eigenvalue weighted by atomic mass is 10.1. The number of alkyl halides is 4. The fourth-order valence-electron chi connectivity index (χ4n) is 1.03. The first-order valence-electron chi connectivity index (χ1n) is 4.68. The monoisotopic (exact) mass is 280 g/mol. The highest BCUT2D eigenvalue weighted by atomic mass is 35.5. The Morgan fingerprint density at radius 2 is 1.67 bits per heavy atom. The van der Waals surface area contributed by atoms with Crippen LogP contribution in [0.4, 0.5) is 13.2 Å². The molecular formula is C10H8ClF3N2O2. The Bertz CT molecular complexity index is 436. The van der Waals surface area contributed by atoms with Gasteiger partial charge in [0, 0.05) is 0 Å². The van der Waals surface area contributed by atoms with Crippen LogP contribution in [0.5, 0.6) is 0 Å². The number of benzene rings is 1. The number of nitrogens with one attached hydrogen (secondary N) is 2. The van der Waals surface area contributed by atoms with Crippen molar-refractivity contribution in [2.24, 2.45) is 0 Å². The number of carbonyl (C=O) groups is 2. The summed E-state index contributed by atoms with van der Waals surface area (Å²) in [5.74, 6) is -3.23. The molecule has 0 bridgehead atoms. The van der Waals surface area contributed by atoms with Crippen LogP contribution >= 0.6 is 11.6 Å². The van der Waals surface area contributed by atoms with E-state index in [1.54, 1.807) is 23.6 Å². The average molecular weight is 281 g/mol. The normalized spacial score (nSPS) is 12.7. The second kappa shape index (κ2) is 5.72. The molecule has 4 nitrogen and oxygen atoms in total. The summed E-state index contributed by atoms with van der Waals surface area (Å²) in [7, 11) is 0. The number of amides is 2. The summed E-state index contributed by atoms with van der Waals surface area (Å²) >= 11 is 5.71. The number of hydrogen-bond acceptors (Lipinski definition) is 2. The summed E-state index contributed by atoms with van der Waals surface area (Å²) in [6.07, 6.45) is -5.07. The zero-order valence-corrected chi connectivity index (χ0v) is 9.55.